The third kappa shape index (κ3) is 2.57. The van der Waals surface area contributed by atoms with Gasteiger partial charge in [0.1, 0.15) is 22.7 Å². The van der Waals surface area contributed by atoms with Gasteiger partial charge in [0.2, 0.25) is 0 Å². The fourth-order valence-electron chi connectivity index (χ4n) is 2.86. The van der Waals surface area contributed by atoms with Gasteiger partial charge in [0, 0.05) is 25.4 Å². The quantitative estimate of drug-likeness (QED) is 0.319. The van der Waals surface area contributed by atoms with Crippen molar-refractivity contribution in [3.8, 4) is 17.1 Å². The summed E-state index contributed by atoms with van der Waals surface area (Å²) in [6.45, 7) is 1.31. The molecule has 0 aliphatic rings. The van der Waals surface area contributed by atoms with Gasteiger partial charge >= 0.3 is 11.6 Å². The number of rotatable bonds is 2. The standard InChI is InChI=1S/C19H14N2O4/c1-11(22)24-13-8-7-12-9-14(19(23)25-17(12)10-13)18-20-15-5-3-4-6-16(15)21(18)2/h3-10H,1-2H3. The Bertz CT molecular complexity index is 1190. The second-order valence-corrected chi connectivity index (χ2v) is 5.72. The molecule has 0 atom stereocenters. The van der Waals surface area contributed by atoms with Gasteiger partial charge in [-0.15, -0.1) is 0 Å². The molecule has 6 nitrogen and oxygen atoms in total. The number of benzene rings is 2. The molecular weight excluding hydrogens is 320 g/mol. The molecule has 0 saturated carbocycles. The van der Waals surface area contributed by atoms with Crippen molar-refractivity contribution in [2.45, 2.75) is 6.92 Å². The van der Waals surface area contributed by atoms with E-state index < -0.39 is 11.6 Å². The van der Waals surface area contributed by atoms with E-state index in [1.807, 2.05) is 35.9 Å². The number of hydrogen-bond donors (Lipinski definition) is 0. The Kier molecular flexibility index (Phi) is 3.39. The summed E-state index contributed by atoms with van der Waals surface area (Å²) < 4.78 is 12.3. The molecule has 0 bridgehead atoms. The van der Waals surface area contributed by atoms with Crippen molar-refractivity contribution in [2.75, 3.05) is 0 Å². The number of hydrogen-bond acceptors (Lipinski definition) is 5. The van der Waals surface area contributed by atoms with E-state index in [9.17, 15) is 9.59 Å². The van der Waals surface area contributed by atoms with Crippen LogP contribution in [0.3, 0.4) is 0 Å². The van der Waals surface area contributed by atoms with Crippen molar-refractivity contribution < 1.29 is 13.9 Å². The highest BCUT2D eigenvalue weighted by Gasteiger charge is 2.15. The molecule has 0 N–H and O–H groups in total. The zero-order chi connectivity index (χ0) is 17.6. The van der Waals surface area contributed by atoms with Gasteiger partial charge in [-0.3, -0.25) is 4.79 Å². The van der Waals surface area contributed by atoms with Crippen molar-refractivity contribution >= 4 is 28.0 Å². The van der Waals surface area contributed by atoms with E-state index in [1.54, 1.807) is 18.2 Å². The third-order valence-electron chi connectivity index (χ3n) is 4.00. The van der Waals surface area contributed by atoms with Gasteiger partial charge in [0.05, 0.1) is 11.0 Å². The fourth-order valence-corrected chi connectivity index (χ4v) is 2.86. The number of esters is 1. The normalized spacial score (nSPS) is 11.1. The van der Waals surface area contributed by atoms with Crippen LogP contribution in [0.4, 0.5) is 0 Å². The van der Waals surface area contributed by atoms with E-state index in [0.717, 1.165) is 16.4 Å². The molecule has 25 heavy (non-hydrogen) atoms. The molecule has 2 heterocycles. The average molecular weight is 334 g/mol. The van der Waals surface area contributed by atoms with Crippen LogP contribution in [0.1, 0.15) is 6.92 Å². The van der Waals surface area contributed by atoms with Crippen molar-refractivity contribution in [2.24, 2.45) is 7.05 Å². The minimum absolute atomic E-state index is 0.332. The highest BCUT2D eigenvalue weighted by Crippen LogP contribution is 2.26. The lowest BCUT2D eigenvalue weighted by molar-refractivity contribution is -0.131. The van der Waals surface area contributed by atoms with Gasteiger partial charge < -0.3 is 13.7 Å². The van der Waals surface area contributed by atoms with E-state index in [2.05, 4.69) is 4.98 Å². The monoisotopic (exact) mass is 334 g/mol. The van der Waals surface area contributed by atoms with E-state index in [0.29, 0.717) is 22.7 Å². The number of ether oxygens (including phenoxy) is 1. The molecule has 0 radical (unpaired) electrons. The van der Waals surface area contributed by atoms with E-state index in [-0.39, 0.29) is 0 Å². The van der Waals surface area contributed by atoms with Gasteiger partial charge in [-0.1, -0.05) is 12.1 Å². The smallest absolute Gasteiger partial charge is 0.347 e. The number of carbonyl (C=O) groups excluding carboxylic acids is 1. The largest absolute Gasteiger partial charge is 0.427 e. The number of para-hydroxylation sites is 2. The van der Waals surface area contributed by atoms with Crippen LogP contribution in [0.5, 0.6) is 5.75 Å². The summed E-state index contributed by atoms with van der Waals surface area (Å²) in [5, 5.41) is 0.720. The zero-order valence-corrected chi connectivity index (χ0v) is 13.6. The highest BCUT2D eigenvalue weighted by atomic mass is 16.5. The number of nitrogens with zero attached hydrogens (tertiary/aromatic N) is 2. The van der Waals surface area contributed by atoms with E-state index in [1.165, 1.54) is 13.0 Å². The fraction of sp³-hybridized carbons (Fsp3) is 0.105. The summed E-state index contributed by atoms with van der Waals surface area (Å²) in [6, 6.07) is 14.3. The predicted octanol–water partition coefficient (Wildman–Crippen LogP) is 3.27. The van der Waals surface area contributed by atoms with Crippen LogP contribution in [0, 0.1) is 0 Å². The molecule has 124 valence electrons. The third-order valence-corrected chi connectivity index (χ3v) is 4.00. The van der Waals surface area contributed by atoms with Gasteiger partial charge in [-0.05, 0) is 30.3 Å². The number of carbonyl (C=O) groups is 1. The van der Waals surface area contributed by atoms with Crippen molar-refractivity contribution in [1.29, 1.82) is 0 Å². The van der Waals surface area contributed by atoms with Crippen LogP contribution in [0.15, 0.2) is 57.7 Å². The van der Waals surface area contributed by atoms with Crippen molar-refractivity contribution in [3.05, 3.63) is 59.0 Å². The molecule has 0 spiro atoms. The molecule has 4 aromatic rings. The first-order valence-corrected chi connectivity index (χ1v) is 7.71. The highest BCUT2D eigenvalue weighted by molar-refractivity contribution is 5.85. The summed E-state index contributed by atoms with van der Waals surface area (Å²) in [4.78, 5) is 28.1. The van der Waals surface area contributed by atoms with Crippen LogP contribution in [-0.2, 0) is 11.8 Å². The number of fused-ring (bicyclic) bond motifs is 2. The van der Waals surface area contributed by atoms with Crippen LogP contribution in [0.2, 0.25) is 0 Å². The molecule has 0 aliphatic carbocycles. The maximum absolute atomic E-state index is 12.5. The SMILES string of the molecule is CC(=O)Oc1ccc2cc(-c3nc4ccccc4n3C)c(=O)oc2c1. The first kappa shape index (κ1) is 15.1. The summed E-state index contributed by atoms with van der Waals surface area (Å²) in [7, 11) is 1.86. The first-order valence-electron chi connectivity index (χ1n) is 7.71. The molecular formula is C19H14N2O4. The molecule has 0 unspecified atom stereocenters. The van der Waals surface area contributed by atoms with E-state index in [4.69, 9.17) is 9.15 Å². The van der Waals surface area contributed by atoms with Crippen LogP contribution < -0.4 is 10.4 Å². The van der Waals surface area contributed by atoms with Gasteiger partial charge in [0.15, 0.2) is 0 Å². The second-order valence-electron chi connectivity index (χ2n) is 5.72. The predicted molar refractivity (Wildman–Crippen MR) is 93.5 cm³/mol. The van der Waals surface area contributed by atoms with Gasteiger partial charge in [0.25, 0.3) is 0 Å². The minimum Gasteiger partial charge on any atom is -0.427 e. The van der Waals surface area contributed by atoms with Crippen LogP contribution in [-0.4, -0.2) is 15.5 Å². The number of imidazole rings is 1. The Labute approximate surface area is 142 Å². The Balaban J connectivity index is 1.90. The maximum atomic E-state index is 12.5. The van der Waals surface area contributed by atoms with Gasteiger partial charge in [-0.25, -0.2) is 9.78 Å². The maximum Gasteiger partial charge on any atom is 0.347 e. The summed E-state index contributed by atoms with van der Waals surface area (Å²) in [6.07, 6.45) is 0. The number of aromatic nitrogens is 2. The lowest BCUT2D eigenvalue weighted by Gasteiger charge is -2.05. The first-order chi connectivity index (χ1) is 12.0. The minimum atomic E-state index is -0.495. The average Bonchev–Trinajstić information content (AvgIpc) is 2.91. The molecule has 0 amide bonds. The lowest BCUT2D eigenvalue weighted by Crippen LogP contribution is -2.07. The van der Waals surface area contributed by atoms with Gasteiger partial charge in [-0.2, -0.15) is 0 Å². The van der Waals surface area contributed by atoms with Crippen molar-refractivity contribution in [1.82, 2.24) is 9.55 Å². The molecule has 0 saturated heterocycles. The molecule has 6 heteroatoms. The molecule has 0 aliphatic heterocycles. The molecule has 4 rings (SSSR count). The Morgan fingerprint density at radius 2 is 1.96 bits per heavy atom. The Morgan fingerprint density at radius 3 is 2.72 bits per heavy atom. The molecule has 0 fully saturated rings. The molecule has 2 aromatic carbocycles. The summed E-state index contributed by atoms with van der Waals surface area (Å²) >= 11 is 0. The topological polar surface area (TPSA) is 74.3 Å². The molecule has 2 aromatic heterocycles. The summed E-state index contributed by atoms with van der Waals surface area (Å²) in [5.41, 5.74) is 1.98. The van der Waals surface area contributed by atoms with Crippen LogP contribution in [0.25, 0.3) is 33.4 Å². The number of aryl methyl sites for hydroxylation is 1. The van der Waals surface area contributed by atoms with Crippen LogP contribution >= 0.6 is 0 Å². The second kappa shape index (κ2) is 5.59. The summed E-state index contributed by atoms with van der Waals surface area (Å²) in [5.74, 6) is 0.442. The zero-order valence-electron chi connectivity index (χ0n) is 13.6. The Morgan fingerprint density at radius 1 is 1.16 bits per heavy atom. The van der Waals surface area contributed by atoms with E-state index >= 15 is 0 Å². The van der Waals surface area contributed by atoms with Crippen molar-refractivity contribution in [3.63, 3.8) is 0 Å². The Hall–Kier alpha value is -3.41. The lowest BCUT2D eigenvalue weighted by atomic mass is 10.1.